The van der Waals surface area contributed by atoms with Crippen molar-refractivity contribution in [3.8, 4) is 11.8 Å². The van der Waals surface area contributed by atoms with E-state index in [4.69, 9.17) is 11.3 Å². The van der Waals surface area contributed by atoms with Gasteiger partial charge in [-0.05, 0) is 11.6 Å². The Labute approximate surface area is 97.2 Å². The lowest BCUT2D eigenvalue weighted by molar-refractivity contribution is 0.0601. The fourth-order valence-electron chi connectivity index (χ4n) is 1.03. The molecular formula is C10H9N5O2. The molecule has 0 aliphatic heterocycles. The topological polar surface area (TPSA) is 114 Å². The maximum absolute atomic E-state index is 11.3. The number of hydrogen-bond donors (Lipinski definition) is 1. The van der Waals surface area contributed by atoms with E-state index in [1.54, 1.807) is 0 Å². The van der Waals surface area contributed by atoms with E-state index in [2.05, 4.69) is 31.6 Å². The van der Waals surface area contributed by atoms with Crippen LogP contribution in [0.1, 0.15) is 15.9 Å². The van der Waals surface area contributed by atoms with Crippen LogP contribution >= 0.6 is 0 Å². The van der Waals surface area contributed by atoms with Gasteiger partial charge in [0.25, 0.3) is 0 Å². The summed E-state index contributed by atoms with van der Waals surface area (Å²) >= 11 is 0. The first-order valence-corrected chi connectivity index (χ1v) is 4.52. The summed E-state index contributed by atoms with van der Waals surface area (Å²) < 4.78 is 4.54. The highest BCUT2D eigenvalue weighted by Gasteiger charge is 2.10. The van der Waals surface area contributed by atoms with Gasteiger partial charge in [-0.15, -0.1) is 0 Å². The second kappa shape index (κ2) is 6.00. The lowest BCUT2D eigenvalue weighted by atomic mass is 10.2. The highest BCUT2D eigenvalue weighted by molar-refractivity contribution is 5.94. The molecule has 7 heteroatoms. The van der Waals surface area contributed by atoms with Crippen LogP contribution in [-0.2, 0) is 4.74 Å². The third-order valence-corrected chi connectivity index (χ3v) is 1.77. The van der Waals surface area contributed by atoms with Gasteiger partial charge in [-0.25, -0.2) is 9.78 Å². The Morgan fingerprint density at radius 1 is 1.76 bits per heavy atom. The maximum Gasteiger partial charge on any atom is 0.341 e. The number of azide groups is 1. The average molecular weight is 231 g/mol. The molecule has 17 heavy (non-hydrogen) atoms. The molecule has 0 saturated carbocycles. The highest BCUT2D eigenvalue weighted by atomic mass is 16.5. The van der Waals surface area contributed by atoms with Gasteiger partial charge >= 0.3 is 5.97 Å². The molecule has 0 saturated heterocycles. The van der Waals surface area contributed by atoms with Gasteiger partial charge in [0.15, 0.2) is 0 Å². The molecule has 0 fully saturated rings. The highest BCUT2D eigenvalue weighted by Crippen LogP contribution is 2.11. The summed E-state index contributed by atoms with van der Waals surface area (Å²) in [5, 5.41) is 3.25. The number of carbonyl (C=O) groups excluding carboxylic acids is 1. The predicted molar refractivity (Wildman–Crippen MR) is 60.9 cm³/mol. The first kappa shape index (κ1) is 12.4. The lowest BCUT2D eigenvalue weighted by Gasteiger charge is -2.02. The molecular weight excluding hydrogens is 222 g/mol. The Hall–Kier alpha value is -2.71. The maximum atomic E-state index is 11.3. The van der Waals surface area contributed by atoms with Crippen molar-refractivity contribution in [1.29, 1.82) is 0 Å². The molecule has 0 radical (unpaired) electrons. The SMILES string of the molecule is COC(=O)c1cc(C#CCN=[N+]=[N-])cnc1N. The van der Waals surface area contributed by atoms with Gasteiger partial charge in [0.2, 0.25) is 0 Å². The number of ether oxygens (including phenoxy) is 1. The third kappa shape index (κ3) is 3.41. The molecule has 0 aliphatic rings. The van der Waals surface area contributed by atoms with Crippen LogP contribution in [0.25, 0.3) is 10.4 Å². The minimum Gasteiger partial charge on any atom is -0.465 e. The minimum absolute atomic E-state index is 0.0500. The van der Waals surface area contributed by atoms with Crippen LogP contribution in [0.15, 0.2) is 17.4 Å². The normalized spacial score (nSPS) is 8.53. The van der Waals surface area contributed by atoms with Crippen LogP contribution in [-0.4, -0.2) is 24.6 Å². The summed E-state index contributed by atoms with van der Waals surface area (Å²) in [7, 11) is 1.25. The zero-order chi connectivity index (χ0) is 12.7. The number of nitrogens with zero attached hydrogens (tertiary/aromatic N) is 4. The number of esters is 1. The summed E-state index contributed by atoms with van der Waals surface area (Å²) in [4.78, 5) is 17.7. The van der Waals surface area contributed by atoms with Gasteiger partial charge < -0.3 is 10.5 Å². The molecule has 0 spiro atoms. The van der Waals surface area contributed by atoms with Crippen LogP contribution in [0.5, 0.6) is 0 Å². The van der Waals surface area contributed by atoms with Gasteiger partial charge in [-0.1, -0.05) is 17.0 Å². The lowest BCUT2D eigenvalue weighted by Crippen LogP contribution is -2.07. The van der Waals surface area contributed by atoms with E-state index in [1.165, 1.54) is 19.4 Å². The Bertz CT molecular complexity index is 537. The van der Waals surface area contributed by atoms with Gasteiger partial charge in [0, 0.05) is 16.7 Å². The van der Waals surface area contributed by atoms with Gasteiger partial charge in [-0.3, -0.25) is 0 Å². The fourth-order valence-corrected chi connectivity index (χ4v) is 1.03. The number of nitrogens with two attached hydrogens (primary N) is 1. The van der Waals surface area contributed by atoms with Crippen molar-refractivity contribution in [2.45, 2.75) is 0 Å². The number of aromatic nitrogens is 1. The molecule has 0 amide bonds. The monoisotopic (exact) mass is 231 g/mol. The van der Waals surface area contributed by atoms with Crippen molar-refractivity contribution in [2.24, 2.45) is 5.11 Å². The zero-order valence-corrected chi connectivity index (χ0v) is 9.04. The van der Waals surface area contributed by atoms with Gasteiger partial charge in [0.1, 0.15) is 11.4 Å². The molecule has 2 N–H and O–H groups in total. The molecule has 0 aromatic carbocycles. The minimum atomic E-state index is -0.575. The van der Waals surface area contributed by atoms with E-state index in [9.17, 15) is 4.79 Å². The van der Waals surface area contributed by atoms with Crippen LogP contribution in [0.4, 0.5) is 5.82 Å². The van der Waals surface area contributed by atoms with E-state index >= 15 is 0 Å². The summed E-state index contributed by atoms with van der Waals surface area (Å²) in [5.41, 5.74) is 14.2. The number of rotatable bonds is 2. The van der Waals surface area contributed by atoms with Gasteiger partial charge in [0.05, 0.1) is 13.7 Å². The van der Waals surface area contributed by atoms with E-state index in [0.717, 1.165) is 0 Å². The van der Waals surface area contributed by atoms with Crippen LogP contribution in [0.2, 0.25) is 0 Å². The largest absolute Gasteiger partial charge is 0.465 e. The number of methoxy groups -OCH3 is 1. The average Bonchev–Trinajstić information content (AvgIpc) is 2.35. The molecule has 7 nitrogen and oxygen atoms in total. The van der Waals surface area contributed by atoms with Crippen LogP contribution < -0.4 is 5.73 Å². The summed E-state index contributed by atoms with van der Waals surface area (Å²) in [5.74, 6) is 4.79. The molecule has 0 aliphatic carbocycles. The van der Waals surface area contributed by atoms with Crippen molar-refractivity contribution in [1.82, 2.24) is 4.98 Å². The summed E-state index contributed by atoms with van der Waals surface area (Å²) in [6.45, 7) is 0.0500. The standard InChI is InChI=1S/C10H9N5O2/c1-17-10(16)8-5-7(6-13-9(8)11)3-2-4-14-15-12/h5-6H,4H2,1H3,(H2,11,13). The summed E-state index contributed by atoms with van der Waals surface area (Å²) in [6, 6.07) is 1.47. The Balaban J connectivity index is 2.98. The molecule has 1 aromatic rings. The first-order chi connectivity index (χ1) is 8.19. The Kier molecular flexibility index (Phi) is 4.36. The van der Waals surface area contributed by atoms with E-state index in [-0.39, 0.29) is 17.9 Å². The molecule has 0 unspecified atom stereocenters. The van der Waals surface area contributed by atoms with Crippen molar-refractivity contribution < 1.29 is 9.53 Å². The number of anilines is 1. The number of pyridine rings is 1. The van der Waals surface area contributed by atoms with Gasteiger partial charge in [-0.2, -0.15) is 0 Å². The zero-order valence-electron chi connectivity index (χ0n) is 9.04. The molecule has 86 valence electrons. The smallest absolute Gasteiger partial charge is 0.341 e. The Morgan fingerprint density at radius 3 is 3.18 bits per heavy atom. The molecule has 1 aromatic heterocycles. The van der Waals surface area contributed by atoms with Crippen molar-refractivity contribution in [3.63, 3.8) is 0 Å². The van der Waals surface area contributed by atoms with E-state index in [1.807, 2.05) is 0 Å². The second-order valence-electron chi connectivity index (χ2n) is 2.84. The summed E-state index contributed by atoms with van der Waals surface area (Å²) in [6.07, 6.45) is 1.42. The van der Waals surface area contributed by atoms with E-state index in [0.29, 0.717) is 5.56 Å². The van der Waals surface area contributed by atoms with Crippen LogP contribution in [0, 0.1) is 11.8 Å². The first-order valence-electron chi connectivity index (χ1n) is 4.52. The Morgan fingerprint density at radius 2 is 2.53 bits per heavy atom. The van der Waals surface area contributed by atoms with Crippen molar-refractivity contribution in [3.05, 3.63) is 33.8 Å². The molecule has 0 bridgehead atoms. The number of hydrogen-bond acceptors (Lipinski definition) is 5. The number of carbonyl (C=O) groups is 1. The van der Waals surface area contributed by atoms with Crippen molar-refractivity contribution >= 4 is 11.8 Å². The third-order valence-electron chi connectivity index (χ3n) is 1.77. The van der Waals surface area contributed by atoms with E-state index < -0.39 is 5.97 Å². The molecule has 0 atom stereocenters. The molecule has 1 rings (SSSR count). The molecule has 1 heterocycles. The van der Waals surface area contributed by atoms with Crippen molar-refractivity contribution in [2.75, 3.05) is 19.4 Å². The van der Waals surface area contributed by atoms with Crippen LogP contribution in [0.3, 0.4) is 0 Å². The fraction of sp³-hybridized carbons (Fsp3) is 0.200. The predicted octanol–water partition coefficient (Wildman–Crippen LogP) is 1.11. The quantitative estimate of drug-likeness (QED) is 0.270. The second-order valence-corrected chi connectivity index (χ2v) is 2.84. The number of nitrogen functional groups attached to an aromatic ring is 1.